The van der Waals surface area contributed by atoms with Gasteiger partial charge < -0.3 is 4.74 Å². The molecule has 0 aliphatic heterocycles. The van der Waals surface area contributed by atoms with Gasteiger partial charge in [0.1, 0.15) is 11.3 Å². The average Bonchev–Trinajstić information content (AvgIpc) is 2.75. The molecule has 0 saturated heterocycles. The second kappa shape index (κ2) is 9.72. The number of rotatable bonds is 6. The minimum Gasteiger partial charge on any atom is -0.438 e. The van der Waals surface area contributed by atoms with Gasteiger partial charge in [-0.1, -0.05) is 44.5 Å². The van der Waals surface area contributed by atoms with Crippen molar-refractivity contribution in [2.24, 2.45) is 0 Å². The Labute approximate surface area is 201 Å². The summed E-state index contributed by atoms with van der Waals surface area (Å²) < 4.78 is 21.3. The monoisotopic (exact) mass is 481 g/mol. The Hall–Kier alpha value is -3.59. The number of aromatic nitrogens is 1. The number of benzene rings is 2. The summed E-state index contributed by atoms with van der Waals surface area (Å²) in [6.07, 6.45) is 0. The van der Waals surface area contributed by atoms with Gasteiger partial charge in [0.15, 0.2) is 11.0 Å². The Morgan fingerprint density at radius 1 is 1.06 bits per heavy atom. The zero-order valence-corrected chi connectivity index (χ0v) is 20.8. The van der Waals surface area contributed by atoms with Gasteiger partial charge in [0.05, 0.1) is 9.82 Å². The number of hydrogen-bond acceptors (Lipinski definition) is 6. The molecule has 3 aromatic rings. The zero-order valence-electron chi connectivity index (χ0n) is 20.0. The molecule has 178 valence electrons. The zero-order chi connectivity index (χ0) is 25.2. The van der Waals surface area contributed by atoms with Crippen LogP contribution in [0.3, 0.4) is 0 Å². The molecule has 1 amide bonds. The van der Waals surface area contributed by atoms with E-state index in [1.807, 2.05) is 53.7 Å². The van der Waals surface area contributed by atoms with Crippen molar-refractivity contribution in [2.45, 2.75) is 51.9 Å². The second-order valence-electron chi connectivity index (χ2n) is 9.08. The van der Waals surface area contributed by atoms with Gasteiger partial charge >= 0.3 is 0 Å². The summed E-state index contributed by atoms with van der Waals surface area (Å²) in [5, 5.41) is 11.0. The Morgan fingerprint density at radius 3 is 2.29 bits per heavy atom. The first-order valence-electron chi connectivity index (χ1n) is 10.6. The van der Waals surface area contributed by atoms with Gasteiger partial charge in [-0.3, -0.25) is 19.6 Å². The van der Waals surface area contributed by atoms with Crippen molar-refractivity contribution >= 4 is 22.6 Å². The van der Waals surface area contributed by atoms with E-state index in [0.717, 1.165) is 28.5 Å². The minimum absolute atomic E-state index is 0.0935. The maximum atomic E-state index is 13.1. The van der Waals surface area contributed by atoms with Gasteiger partial charge in [-0.15, -0.1) is 0 Å². The molecule has 0 spiro atoms. The molecule has 1 N–H and O–H groups in total. The number of amides is 1. The van der Waals surface area contributed by atoms with E-state index in [-0.39, 0.29) is 27.4 Å². The number of hydrogen-bond donors (Lipinski definition) is 1. The molecule has 0 radical (unpaired) electrons. The fraction of sp³-hybridized carbons (Fsp3) is 0.280. The predicted octanol–water partition coefficient (Wildman–Crippen LogP) is 5.46. The fourth-order valence-corrected chi connectivity index (χ4v) is 4.27. The highest BCUT2D eigenvalue weighted by Crippen LogP contribution is 2.33. The van der Waals surface area contributed by atoms with E-state index in [2.05, 4.69) is 9.71 Å². The van der Waals surface area contributed by atoms with Crippen LogP contribution < -0.4 is 9.46 Å². The smallest absolute Gasteiger partial charge is 0.270 e. The van der Waals surface area contributed by atoms with Gasteiger partial charge in [-0.05, 0) is 50.1 Å². The van der Waals surface area contributed by atoms with Crippen molar-refractivity contribution in [1.29, 1.82) is 0 Å². The van der Waals surface area contributed by atoms with Crippen LogP contribution in [-0.2, 0) is 16.4 Å². The lowest BCUT2D eigenvalue weighted by Gasteiger charge is -2.21. The summed E-state index contributed by atoms with van der Waals surface area (Å²) in [6.45, 7) is 11.8. The quantitative estimate of drug-likeness (QED) is 0.370. The molecule has 1 unspecified atom stereocenters. The van der Waals surface area contributed by atoms with E-state index in [9.17, 15) is 19.1 Å². The standard InChI is InChI=1S/C25H27N3O5S/c1-15-12-16(2)22(17(3)13-15)33-24-20(10-11-21(26-24)25(4,5)6)23(29)27-34(32)19-9-7-8-18(14-19)28(30)31/h7-14H,1-6H3,(H,27,29). The third-order valence-corrected chi connectivity index (χ3v) is 6.16. The third kappa shape index (κ3) is 5.66. The highest BCUT2D eigenvalue weighted by molar-refractivity contribution is 7.83. The van der Waals surface area contributed by atoms with Crippen molar-refractivity contribution < 1.29 is 18.7 Å². The van der Waals surface area contributed by atoms with Crippen LogP contribution in [0.4, 0.5) is 5.69 Å². The van der Waals surface area contributed by atoms with E-state index < -0.39 is 21.8 Å². The van der Waals surface area contributed by atoms with Crippen molar-refractivity contribution in [3.8, 4) is 11.6 Å². The normalized spacial score (nSPS) is 12.2. The molecule has 0 bridgehead atoms. The lowest BCUT2D eigenvalue weighted by atomic mass is 9.91. The van der Waals surface area contributed by atoms with E-state index >= 15 is 0 Å². The topological polar surface area (TPSA) is 111 Å². The number of nitro benzene ring substituents is 1. The molecule has 0 saturated carbocycles. The average molecular weight is 482 g/mol. The van der Waals surface area contributed by atoms with Gasteiger partial charge in [0.25, 0.3) is 11.6 Å². The number of aryl methyl sites for hydroxylation is 3. The summed E-state index contributed by atoms with van der Waals surface area (Å²) in [4.78, 5) is 28.2. The number of nitrogens with zero attached hydrogens (tertiary/aromatic N) is 2. The van der Waals surface area contributed by atoms with Crippen LogP contribution in [0.1, 0.15) is 53.5 Å². The van der Waals surface area contributed by atoms with Gasteiger partial charge in [-0.25, -0.2) is 9.19 Å². The summed E-state index contributed by atoms with van der Waals surface area (Å²) in [7, 11) is -2.02. The van der Waals surface area contributed by atoms with E-state index in [1.54, 1.807) is 12.1 Å². The fourth-order valence-electron chi connectivity index (χ4n) is 3.44. The number of pyridine rings is 1. The molecule has 34 heavy (non-hydrogen) atoms. The lowest BCUT2D eigenvalue weighted by molar-refractivity contribution is -0.385. The molecule has 2 aromatic carbocycles. The first-order chi connectivity index (χ1) is 15.9. The molecule has 0 aliphatic carbocycles. The number of carbonyl (C=O) groups is 1. The van der Waals surface area contributed by atoms with E-state index in [1.165, 1.54) is 18.2 Å². The van der Waals surface area contributed by atoms with Crippen LogP contribution in [0.2, 0.25) is 0 Å². The highest BCUT2D eigenvalue weighted by Gasteiger charge is 2.24. The van der Waals surface area contributed by atoms with Crippen molar-refractivity contribution in [3.05, 3.63) is 86.6 Å². The third-order valence-electron chi connectivity index (χ3n) is 5.10. The van der Waals surface area contributed by atoms with Crippen LogP contribution in [-0.4, -0.2) is 20.0 Å². The Bertz CT molecular complexity index is 1270. The molecule has 8 nitrogen and oxygen atoms in total. The Morgan fingerprint density at radius 2 is 1.71 bits per heavy atom. The molecule has 1 aromatic heterocycles. The van der Waals surface area contributed by atoms with Crippen molar-refractivity contribution in [2.75, 3.05) is 0 Å². The summed E-state index contributed by atoms with van der Waals surface area (Å²) >= 11 is 0. The molecule has 0 fully saturated rings. The van der Waals surface area contributed by atoms with E-state index in [0.29, 0.717) is 5.75 Å². The number of non-ortho nitro benzene ring substituents is 1. The maximum Gasteiger partial charge on any atom is 0.270 e. The predicted molar refractivity (Wildman–Crippen MR) is 131 cm³/mol. The van der Waals surface area contributed by atoms with Crippen molar-refractivity contribution in [3.63, 3.8) is 0 Å². The van der Waals surface area contributed by atoms with Crippen LogP contribution in [0.25, 0.3) is 0 Å². The maximum absolute atomic E-state index is 13.1. The number of nitro groups is 1. The number of carbonyl (C=O) groups excluding carboxylic acids is 1. The minimum atomic E-state index is -2.02. The van der Waals surface area contributed by atoms with Crippen molar-refractivity contribution in [1.82, 2.24) is 9.71 Å². The van der Waals surface area contributed by atoms with Gasteiger partial charge in [0, 0.05) is 23.2 Å². The number of ether oxygens (including phenoxy) is 1. The van der Waals surface area contributed by atoms with Crippen LogP contribution in [0.5, 0.6) is 11.6 Å². The van der Waals surface area contributed by atoms with Crippen LogP contribution >= 0.6 is 0 Å². The molecule has 1 atom stereocenters. The van der Waals surface area contributed by atoms with Crippen LogP contribution in [0, 0.1) is 30.9 Å². The summed E-state index contributed by atoms with van der Waals surface area (Å²) in [5.41, 5.74) is 3.19. The first-order valence-corrected chi connectivity index (χ1v) is 11.8. The molecule has 3 rings (SSSR count). The van der Waals surface area contributed by atoms with Crippen LogP contribution in [0.15, 0.2) is 53.4 Å². The highest BCUT2D eigenvalue weighted by atomic mass is 32.2. The van der Waals surface area contributed by atoms with E-state index in [4.69, 9.17) is 4.74 Å². The Balaban J connectivity index is 1.99. The second-order valence-corrected chi connectivity index (χ2v) is 10.3. The first kappa shape index (κ1) is 25.0. The summed E-state index contributed by atoms with van der Waals surface area (Å²) in [6, 6.07) is 12.6. The largest absolute Gasteiger partial charge is 0.438 e. The molecule has 0 aliphatic rings. The Kier molecular flexibility index (Phi) is 7.16. The SMILES string of the molecule is Cc1cc(C)c(Oc2nc(C(C)(C)C)ccc2C(=O)NS(=O)c2cccc([N+](=O)[O-])c2)c(C)c1. The van der Waals surface area contributed by atoms with Gasteiger partial charge in [0.2, 0.25) is 5.88 Å². The molecular formula is C25H27N3O5S. The molecular weight excluding hydrogens is 454 g/mol. The number of nitrogens with one attached hydrogen (secondary N) is 1. The molecule has 1 heterocycles. The summed E-state index contributed by atoms with van der Waals surface area (Å²) in [5.74, 6) is 0.0178. The molecule has 9 heteroatoms. The van der Waals surface area contributed by atoms with Gasteiger partial charge in [-0.2, -0.15) is 0 Å². The lowest BCUT2D eigenvalue weighted by Crippen LogP contribution is -2.27.